The van der Waals surface area contributed by atoms with Crippen molar-refractivity contribution in [1.82, 2.24) is 14.3 Å². The van der Waals surface area contributed by atoms with Gasteiger partial charge in [-0.1, -0.05) is 12.8 Å². The number of aromatic nitrogens is 2. The minimum Gasteiger partial charge on any atom is -0.408 e. The van der Waals surface area contributed by atoms with Crippen molar-refractivity contribution in [3.8, 4) is 0 Å². The molecule has 0 atom stereocenters. The van der Waals surface area contributed by atoms with Crippen molar-refractivity contribution in [3.05, 3.63) is 40.3 Å². The second-order valence-corrected chi connectivity index (χ2v) is 9.18. The molecule has 4 rings (SSSR count). The second kappa shape index (κ2) is 7.49. The molecule has 2 heterocycles. The monoisotopic (exact) mass is 422 g/mol. The van der Waals surface area contributed by atoms with Crippen LogP contribution in [0.25, 0.3) is 11.1 Å². The van der Waals surface area contributed by atoms with Crippen molar-refractivity contribution >= 4 is 43.5 Å². The molecule has 1 fully saturated rings. The molecule has 1 saturated carbocycles. The number of fused-ring (bicyclic) bond motifs is 1. The molecule has 1 aliphatic rings. The van der Waals surface area contributed by atoms with E-state index in [-0.39, 0.29) is 23.1 Å². The van der Waals surface area contributed by atoms with Crippen LogP contribution in [0, 0.1) is 0 Å². The zero-order valence-corrected chi connectivity index (χ0v) is 16.4. The van der Waals surface area contributed by atoms with Gasteiger partial charge in [0.25, 0.3) is 0 Å². The number of rotatable bonds is 6. The zero-order chi connectivity index (χ0) is 19.7. The molecule has 2 N–H and O–H groups in total. The number of hydrogen-bond acceptors (Lipinski definition) is 7. The predicted molar refractivity (Wildman–Crippen MR) is 104 cm³/mol. The molecule has 28 heavy (non-hydrogen) atoms. The largest absolute Gasteiger partial charge is 0.420 e. The van der Waals surface area contributed by atoms with Gasteiger partial charge in [-0.15, -0.1) is 11.3 Å². The van der Waals surface area contributed by atoms with Crippen LogP contribution >= 0.6 is 11.3 Å². The Balaban J connectivity index is 1.58. The van der Waals surface area contributed by atoms with Gasteiger partial charge >= 0.3 is 5.76 Å². The van der Waals surface area contributed by atoms with Crippen LogP contribution in [-0.4, -0.2) is 29.9 Å². The van der Waals surface area contributed by atoms with Gasteiger partial charge in [0.1, 0.15) is 6.54 Å². The Labute approximate surface area is 164 Å². The topological polar surface area (TPSA) is 123 Å². The second-order valence-electron chi connectivity index (χ2n) is 6.57. The Morgan fingerprint density at radius 3 is 2.82 bits per heavy atom. The van der Waals surface area contributed by atoms with Crippen molar-refractivity contribution < 1.29 is 17.6 Å². The normalized spacial score (nSPS) is 15.3. The first kappa shape index (κ1) is 18.8. The van der Waals surface area contributed by atoms with Gasteiger partial charge in [0.05, 0.1) is 10.4 Å². The Hall–Kier alpha value is -2.50. The lowest BCUT2D eigenvalue weighted by molar-refractivity contribution is -0.116. The average molecular weight is 422 g/mol. The van der Waals surface area contributed by atoms with Crippen molar-refractivity contribution in [1.29, 1.82) is 0 Å². The molecule has 1 aliphatic carbocycles. The summed E-state index contributed by atoms with van der Waals surface area (Å²) in [6.07, 6.45) is 5.21. The van der Waals surface area contributed by atoms with Crippen LogP contribution < -0.4 is 15.8 Å². The molecular formula is C17H18N4O5S2. The third-order valence-corrected chi connectivity index (χ3v) is 6.81. The summed E-state index contributed by atoms with van der Waals surface area (Å²) < 4.78 is 34.1. The van der Waals surface area contributed by atoms with E-state index in [1.807, 2.05) is 0 Å². The van der Waals surface area contributed by atoms with Crippen molar-refractivity contribution in [2.45, 2.75) is 43.2 Å². The Bertz CT molecular complexity index is 1160. The summed E-state index contributed by atoms with van der Waals surface area (Å²) in [4.78, 5) is 28.3. The molecular weight excluding hydrogens is 404 g/mol. The van der Waals surface area contributed by atoms with E-state index in [0.29, 0.717) is 10.6 Å². The number of benzene rings is 1. The molecule has 11 heteroatoms. The minimum absolute atomic E-state index is 0.0278. The van der Waals surface area contributed by atoms with Gasteiger partial charge in [-0.2, -0.15) is 0 Å². The highest BCUT2D eigenvalue weighted by molar-refractivity contribution is 7.89. The molecule has 0 bridgehead atoms. The number of carbonyl (C=O) groups excluding carboxylic acids is 1. The molecule has 9 nitrogen and oxygen atoms in total. The molecule has 0 spiro atoms. The molecule has 1 amide bonds. The molecule has 1 aromatic carbocycles. The van der Waals surface area contributed by atoms with E-state index in [4.69, 9.17) is 4.42 Å². The minimum atomic E-state index is -3.70. The van der Waals surface area contributed by atoms with Gasteiger partial charge in [0, 0.05) is 23.7 Å². The molecule has 148 valence electrons. The molecule has 2 aromatic heterocycles. The summed E-state index contributed by atoms with van der Waals surface area (Å²) in [6, 6.07) is 4.12. The summed E-state index contributed by atoms with van der Waals surface area (Å²) in [7, 11) is -3.70. The molecule has 0 radical (unpaired) electrons. The lowest BCUT2D eigenvalue weighted by Crippen LogP contribution is -2.32. The number of thiazole rings is 1. The van der Waals surface area contributed by atoms with Crippen LogP contribution in [0.5, 0.6) is 0 Å². The van der Waals surface area contributed by atoms with E-state index in [1.165, 1.54) is 29.5 Å². The Morgan fingerprint density at radius 1 is 1.32 bits per heavy atom. The predicted octanol–water partition coefficient (Wildman–Crippen LogP) is 1.91. The van der Waals surface area contributed by atoms with Crippen LogP contribution in [0.2, 0.25) is 0 Å². The fraction of sp³-hybridized carbons (Fsp3) is 0.353. The number of oxazole rings is 1. The summed E-state index contributed by atoms with van der Waals surface area (Å²) in [5.41, 5.74) is 0.459. The Morgan fingerprint density at radius 2 is 2.11 bits per heavy atom. The summed E-state index contributed by atoms with van der Waals surface area (Å²) in [6.45, 7) is -0.266. The number of nitrogens with zero attached hydrogens (tertiary/aromatic N) is 2. The standard InChI is InChI=1S/C17H18N4O5S2/c22-15(19-16-18-7-8-27-16)10-21-13-6-5-12(9-14(13)26-17(21)23)28(24,25)20-11-3-1-2-4-11/h5-9,11,20H,1-4,10H2,(H,18,19,22). The quantitative estimate of drug-likeness (QED) is 0.625. The number of nitrogens with one attached hydrogen (secondary N) is 2. The van der Waals surface area contributed by atoms with Crippen LogP contribution in [-0.2, 0) is 21.4 Å². The first-order chi connectivity index (χ1) is 13.4. The third-order valence-electron chi connectivity index (χ3n) is 4.61. The van der Waals surface area contributed by atoms with E-state index in [9.17, 15) is 18.0 Å². The van der Waals surface area contributed by atoms with E-state index in [0.717, 1.165) is 30.3 Å². The fourth-order valence-electron chi connectivity index (χ4n) is 3.28. The SMILES string of the molecule is O=C(Cn1c(=O)oc2cc(S(=O)(=O)NC3CCCC3)ccc21)Nc1nccs1. The van der Waals surface area contributed by atoms with Crippen molar-refractivity contribution in [2.24, 2.45) is 0 Å². The van der Waals surface area contributed by atoms with Crippen molar-refractivity contribution in [2.75, 3.05) is 5.32 Å². The summed E-state index contributed by atoms with van der Waals surface area (Å²) in [5, 5.41) is 4.74. The summed E-state index contributed by atoms with van der Waals surface area (Å²) >= 11 is 1.26. The van der Waals surface area contributed by atoms with Crippen LogP contribution in [0.1, 0.15) is 25.7 Å². The summed E-state index contributed by atoms with van der Waals surface area (Å²) in [5.74, 6) is -1.16. The average Bonchev–Trinajstić information content (AvgIpc) is 3.38. The van der Waals surface area contributed by atoms with Gasteiger partial charge in [0.15, 0.2) is 10.7 Å². The number of amides is 1. The van der Waals surface area contributed by atoms with Gasteiger partial charge in [0.2, 0.25) is 15.9 Å². The first-order valence-corrected chi connectivity index (χ1v) is 11.1. The molecule has 3 aromatic rings. The lowest BCUT2D eigenvalue weighted by Gasteiger charge is -2.12. The van der Waals surface area contributed by atoms with Crippen LogP contribution in [0.3, 0.4) is 0 Å². The van der Waals surface area contributed by atoms with Crippen LogP contribution in [0.4, 0.5) is 5.13 Å². The van der Waals surface area contributed by atoms with Gasteiger partial charge in [-0.25, -0.2) is 22.9 Å². The lowest BCUT2D eigenvalue weighted by atomic mass is 10.3. The highest BCUT2D eigenvalue weighted by Gasteiger charge is 2.24. The number of anilines is 1. The molecule has 0 saturated heterocycles. The van der Waals surface area contributed by atoms with Gasteiger partial charge in [-0.05, 0) is 25.0 Å². The fourth-order valence-corrected chi connectivity index (χ4v) is 5.15. The molecule has 0 unspecified atom stereocenters. The third kappa shape index (κ3) is 3.86. The number of carbonyl (C=O) groups is 1. The van der Waals surface area contributed by atoms with Gasteiger partial charge < -0.3 is 9.73 Å². The van der Waals surface area contributed by atoms with Crippen LogP contribution in [0.15, 0.2) is 43.9 Å². The Kier molecular flexibility index (Phi) is 5.04. The number of sulfonamides is 1. The highest BCUT2D eigenvalue weighted by Crippen LogP contribution is 2.23. The van der Waals surface area contributed by atoms with E-state index >= 15 is 0 Å². The van der Waals surface area contributed by atoms with E-state index < -0.39 is 21.7 Å². The van der Waals surface area contributed by atoms with Gasteiger partial charge in [-0.3, -0.25) is 9.36 Å². The van der Waals surface area contributed by atoms with E-state index in [1.54, 1.807) is 11.6 Å². The first-order valence-electron chi connectivity index (χ1n) is 8.77. The van der Waals surface area contributed by atoms with Crippen molar-refractivity contribution in [3.63, 3.8) is 0 Å². The number of hydrogen-bond donors (Lipinski definition) is 2. The van der Waals surface area contributed by atoms with E-state index in [2.05, 4.69) is 15.0 Å². The zero-order valence-electron chi connectivity index (χ0n) is 14.8. The maximum atomic E-state index is 12.6. The molecule has 0 aliphatic heterocycles. The maximum Gasteiger partial charge on any atom is 0.420 e. The highest BCUT2D eigenvalue weighted by atomic mass is 32.2. The maximum absolute atomic E-state index is 12.6. The smallest absolute Gasteiger partial charge is 0.408 e.